The van der Waals surface area contributed by atoms with Crippen LogP contribution in [-0.4, -0.2) is 36.0 Å². The van der Waals surface area contributed by atoms with E-state index in [2.05, 4.69) is 10.1 Å². The molecule has 0 bridgehead atoms. The molecule has 0 N–H and O–H groups in total. The summed E-state index contributed by atoms with van der Waals surface area (Å²) in [5, 5.41) is 3.75. The molecule has 1 aliphatic heterocycles. The highest BCUT2D eigenvalue weighted by Crippen LogP contribution is 2.29. The Labute approximate surface area is 128 Å². The number of benzene rings is 1. The highest BCUT2D eigenvalue weighted by Gasteiger charge is 2.33. The zero-order valence-electron chi connectivity index (χ0n) is 12.1. The average Bonchev–Trinajstić information content (AvgIpc) is 2.94. The maximum absolute atomic E-state index is 13.0. The first-order chi connectivity index (χ1) is 10.5. The van der Waals surface area contributed by atoms with Crippen LogP contribution in [0, 0.1) is 12.7 Å². The lowest BCUT2D eigenvalue weighted by Gasteiger charge is -2.30. The normalized spacial score (nSPS) is 20.2. The van der Waals surface area contributed by atoms with Crippen molar-refractivity contribution in [3.05, 3.63) is 41.8 Å². The highest BCUT2D eigenvalue weighted by molar-refractivity contribution is 7.89. The lowest BCUT2D eigenvalue weighted by atomic mass is 10.00. The predicted octanol–water partition coefficient (Wildman–Crippen LogP) is 2.09. The maximum Gasteiger partial charge on any atom is 0.243 e. The van der Waals surface area contributed by atoms with E-state index in [1.807, 2.05) is 0 Å². The highest BCUT2D eigenvalue weighted by atomic mass is 32.2. The summed E-state index contributed by atoms with van der Waals surface area (Å²) in [6.07, 6.45) is 1.52. The molecule has 1 aromatic heterocycles. The van der Waals surface area contributed by atoms with E-state index in [1.165, 1.54) is 16.4 Å². The van der Waals surface area contributed by atoms with Gasteiger partial charge in [0, 0.05) is 13.1 Å². The second-order valence-corrected chi connectivity index (χ2v) is 7.27. The Kier molecular flexibility index (Phi) is 3.96. The smallest absolute Gasteiger partial charge is 0.243 e. The monoisotopic (exact) mass is 325 g/mol. The minimum atomic E-state index is -3.64. The summed E-state index contributed by atoms with van der Waals surface area (Å²) in [7, 11) is -3.64. The first-order valence-electron chi connectivity index (χ1n) is 7.03. The molecule has 0 saturated carbocycles. The van der Waals surface area contributed by atoms with Crippen LogP contribution in [0.25, 0.3) is 0 Å². The summed E-state index contributed by atoms with van der Waals surface area (Å²) in [6, 6.07) is 4.86. The Morgan fingerprint density at radius 3 is 2.68 bits per heavy atom. The van der Waals surface area contributed by atoms with Crippen LogP contribution >= 0.6 is 0 Å². The van der Waals surface area contributed by atoms with Gasteiger partial charge in [-0.1, -0.05) is 5.16 Å². The number of hydrogen-bond donors (Lipinski definition) is 0. The summed E-state index contributed by atoms with van der Waals surface area (Å²) >= 11 is 0. The molecule has 22 heavy (non-hydrogen) atoms. The van der Waals surface area contributed by atoms with Crippen LogP contribution < -0.4 is 0 Å². The number of aromatic nitrogens is 2. The summed E-state index contributed by atoms with van der Waals surface area (Å²) in [6.45, 7) is 2.45. The number of aryl methyl sites for hydroxylation is 1. The maximum atomic E-state index is 13.0. The standard InChI is InChI=1S/C14H16FN3O3S/c1-10-16-14(21-17-10)11-3-2-8-18(9-11)22(19,20)13-6-4-12(15)5-7-13/h4-7,11H,2-3,8-9H2,1H3/t11-/m0/s1. The largest absolute Gasteiger partial charge is 0.339 e. The van der Waals surface area contributed by atoms with Crippen molar-refractivity contribution in [2.45, 2.75) is 30.6 Å². The molecule has 2 aromatic rings. The van der Waals surface area contributed by atoms with Crippen molar-refractivity contribution in [2.75, 3.05) is 13.1 Å². The van der Waals surface area contributed by atoms with E-state index in [4.69, 9.17) is 4.52 Å². The number of piperidine rings is 1. The van der Waals surface area contributed by atoms with Crippen LogP contribution in [0.4, 0.5) is 4.39 Å². The van der Waals surface area contributed by atoms with Crippen molar-refractivity contribution in [1.29, 1.82) is 0 Å². The van der Waals surface area contributed by atoms with E-state index in [-0.39, 0.29) is 10.8 Å². The van der Waals surface area contributed by atoms with Gasteiger partial charge in [-0.25, -0.2) is 12.8 Å². The first-order valence-corrected chi connectivity index (χ1v) is 8.47. The Hall–Kier alpha value is -1.80. The molecule has 6 nitrogen and oxygen atoms in total. The fourth-order valence-electron chi connectivity index (χ4n) is 2.60. The molecule has 1 saturated heterocycles. The van der Waals surface area contributed by atoms with Gasteiger partial charge in [0.05, 0.1) is 10.8 Å². The third-order valence-electron chi connectivity index (χ3n) is 3.73. The van der Waals surface area contributed by atoms with Gasteiger partial charge in [0.15, 0.2) is 5.82 Å². The zero-order chi connectivity index (χ0) is 15.7. The van der Waals surface area contributed by atoms with Crippen LogP contribution in [0.1, 0.15) is 30.5 Å². The number of halogens is 1. The number of rotatable bonds is 3. The minimum absolute atomic E-state index is 0.0938. The molecule has 8 heteroatoms. The van der Waals surface area contributed by atoms with Gasteiger partial charge in [-0.15, -0.1) is 0 Å². The second-order valence-electron chi connectivity index (χ2n) is 5.34. The molecule has 0 aliphatic carbocycles. The molecule has 1 fully saturated rings. The van der Waals surface area contributed by atoms with E-state index in [0.717, 1.165) is 18.6 Å². The van der Waals surface area contributed by atoms with Gasteiger partial charge in [-0.3, -0.25) is 0 Å². The third kappa shape index (κ3) is 2.89. The molecule has 0 unspecified atom stereocenters. The summed E-state index contributed by atoms with van der Waals surface area (Å²) in [4.78, 5) is 4.28. The van der Waals surface area contributed by atoms with Crippen molar-refractivity contribution in [1.82, 2.24) is 14.4 Å². The minimum Gasteiger partial charge on any atom is -0.339 e. The SMILES string of the molecule is Cc1noc([C@H]2CCCN(S(=O)(=O)c3ccc(F)cc3)C2)n1. The Morgan fingerprint density at radius 1 is 1.32 bits per heavy atom. The van der Waals surface area contributed by atoms with Crippen molar-refractivity contribution in [2.24, 2.45) is 0 Å². The topological polar surface area (TPSA) is 76.3 Å². The van der Waals surface area contributed by atoms with Crippen LogP contribution in [0.3, 0.4) is 0 Å². The van der Waals surface area contributed by atoms with Crippen molar-refractivity contribution in [3.63, 3.8) is 0 Å². The third-order valence-corrected chi connectivity index (χ3v) is 5.61. The molecule has 1 aliphatic rings. The quantitative estimate of drug-likeness (QED) is 0.863. The second kappa shape index (κ2) is 5.77. The Bertz CT molecular complexity index is 758. The lowest BCUT2D eigenvalue weighted by molar-refractivity contribution is 0.265. The fourth-order valence-corrected chi connectivity index (χ4v) is 4.12. The van der Waals surface area contributed by atoms with Gasteiger partial charge in [-0.2, -0.15) is 9.29 Å². The zero-order valence-corrected chi connectivity index (χ0v) is 12.9. The molecule has 3 rings (SSSR count). The van der Waals surface area contributed by atoms with Crippen molar-refractivity contribution >= 4 is 10.0 Å². The summed E-state index contributed by atoms with van der Waals surface area (Å²) in [5.74, 6) is 0.437. The Morgan fingerprint density at radius 2 is 2.05 bits per heavy atom. The first kappa shape index (κ1) is 15.1. The van der Waals surface area contributed by atoms with Gasteiger partial charge in [0.25, 0.3) is 0 Å². The molecule has 2 heterocycles. The van der Waals surface area contributed by atoms with E-state index in [9.17, 15) is 12.8 Å². The number of hydrogen-bond acceptors (Lipinski definition) is 5. The summed E-state index contributed by atoms with van der Waals surface area (Å²) < 4.78 is 44.8. The predicted molar refractivity (Wildman–Crippen MR) is 76.2 cm³/mol. The Balaban J connectivity index is 1.83. The number of sulfonamides is 1. The molecule has 0 amide bonds. The van der Waals surface area contributed by atoms with Gasteiger partial charge < -0.3 is 4.52 Å². The van der Waals surface area contributed by atoms with Crippen LogP contribution in [0.2, 0.25) is 0 Å². The van der Waals surface area contributed by atoms with Gasteiger partial charge in [-0.05, 0) is 44.0 Å². The molecule has 0 radical (unpaired) electrons. The van der Waals surface area contributed by atoms with Gasteiger partial charge >= 0.3 is 0 Å². The van der Waals surface area contributed by atoms with Crippen molar-refractivity contribution < 1.29 is 17.3 Å². The van der Waals surface area contributed by atoms with E-state index < -0.39 is 15.8 Å². The average molecular weight is 325 g/mol. The fraction of sp³-hybridized carbons (Fsp3) is 0.429. The van der Waals surface area contributed by atoms with Crippen molar-refractivity contribution in [3.8, 4) is 0 Å². The molecule has 1 aromatic carbocycles. The van der Waals surface area contributed by atoms with Gasteiger partial charge in [0.1, 0.15) is 5.82 Å². The van der Waals surface area contributed by atoms with Crippen LogP contribution in [-0.2, 0) is 10.0 Å². The molecular weight excluding hydrogens is 309 g/mol. The lowest BCUT2D eigenvalue weighted by Crippen LogP contribution is -2.39. The molecule has 118 valence electrons. The molecular formula is C14H16FN3O3S. The van der Waals surface area contributed by atoms with Crippen LogP contribution in [0.5, 0.6) is 0 Å². The van der Waals surface area contributed by atoms with Gasteiger partial charge in [0.2, 0.25) is 15.9 Å². The summed E-state index contributed by atoms with van der Waals surface area (Å²) in [5.41, 5.74) is 0. The van der Waals surface area contributed by atoms with E-state index in [0.29, 0.717) is 31.2 Å². The van der Waals surface area contributed by atoms with E-state index >= 15 is 0 Å². The van der Waals surface area contributed by atoms with E-state index in [1.54, 1.807) is 6.92 Å². The van der Waals surface area contributed by atoms with Crippen LogP contribution in [0.15, 0.2) is 33.7 Å². The molecule has 1 atom stereocenters. The molecule has 0 spiro atoms. The number of nitrogens with zero attached hydrogens (tertiary/aromatic N) is 3.